The first-order valence-electron chi connectivity index (χ1n) is 4.08. The van der Waals surface area contributed by atoms with E-state index in [2.05, 4.69) is 4.98 Å². The molecule has 0 spiro atoms. The maximum absolute atomic E-state index is 12.6. The number of carboxylic acids is 1. The SMILES string of the molecule is N#Cc1ncc(CC(=O)O)c(C(F)F)c1O. The van der Waals surface area contributed by atoms with Gasteiger partial charge in [-0.05, 0) is 5.56 Å². The van der Waals surface area contributed by atoms with Crippen LogP contribution in [0.25, 0.3) is 0 Å². The predicted molar refractivity (Wildman–Crippen MR) is 46.9 cm³/mol. The zero-order chi connectivity index (χ0) is 12.3. The smallest absolute Gasteiger partial charge is 0.307 e. The van der Waals surface area contributed by atoms with Crippen LogP contribution >= 0.6 is 0 Å². The van der Waals surface area contributed by atoms with E-state index in [1.54, 1.807) is 0 Å². The molecule has 1 aromatic heterocycles. The number of aliphatic carboxylic acids is 1. The average Bonchev–Trinajstić information content (AvgIpc) is 2.16. The second-order valence-electron chi connectivity index (χ2n) is 2.88. The monoisotopic (exact) mass is 228 g/mol. The van der Waals surface area contributed by atoms with Crippen molar-refractivity contribution in [3.63, 3.8) is 0 Å². The molecule has 0 saturated heterocycles. The van der Waals surface area contributed by atoms with Gasteiger partial charge in [-0.2, -0.15) is 5.26 Å². The summed E-state index contributed by atoms with van der Waals surface area (Å²) < 4.78 is 25.1. The Morgan fingerprint density at radius 2 is 2.25 bits per heavy atom. The fourth-order valence-electron chi connectivity index (χ4n) is 1.18. The van der Waals surface area contributed by atoms with E-state index in [0.717, 1.165) is 6.20 Å². The lowest BCUT2D eigenvalue weighted by Gasteiger charge is -2.09. The van der Waals surface area contributed by atoms with Crippen molar-refractivity contribution in [1.29, 1.82) is 5.26 Å². The lowest BCUT2D eigenvalue weighted by molar-refractivity contribution is -0.136. The second kappa shape index (κ2) is 4.53. The van der Waals surface area contributed by atoms with E-state index in [1.807, 2.05) is 0 Å². The topological polar surface area (TPSA) is 94.2 Å². The van der Waals surface area contributed by atoms with Gasteiger partial charge in [0.2, 0.25) is 0 Å². The van der Waals surface area contributed by atoms with Gasteiger partial charge in [0.1, 0.15) is 6.07 Å². The Labute approximate surface area is 88.6 Å². The van der Waals surface area contributed by atoms with E-state index < -0.39 is 35.8 Å². The Kier molecular flexibility index (Phi) is 3.35. The van der Waals surface area contributed by atoms with Crippen LogP contribution in [0.5, 0.6) is 5.75 Å². The third-order valence-electron chi connectivity index (χ3n) is 1.84. The van der Waals surface area contributed by atoms with Crippen molar-refractivity contribution in [2.75, 3.05) is 0 Å². The Morgan fingerprint density at radius 3 is 2.69 bits per heavy atom. The number of pyridine rings is 1. The second-order valence-corrected chi connectivity index (χ2v) is 2.88. The number of carbonyl (C=O) groups is 1. The van der Waals surface area contributed by atoms with E-state index in [4.69, 9.17) is 10.4 Å². The molecule has 1 aromatic rings. The van der Waals surface area contributed by atoms with Gasteiger partial charge in [-0.25, -0.2) is 13.8 Å². The van der Waals surface area contributed by atoms with E-state index in [9.17, 15) is 18.7 Å². The maximum atomic E-state index is 12.6. The van der Waals surface area contributed by atoms with E-state index in [1.165, 1.54) is 6.07 Å². The number of halogens is 2. The molecule has 0 amide bonds. The zero-order valence-electron chi connectivity index (χ0n) is 7.81. The van der Waals surface area contributed by atoms with Crippen LogP contribution in [0, 0.1) is 11.3 Å². The summed E-state index contributed by atoms with van der Waals surface area (Å²) in [6.07, 6.45) is -2.90. The Bertz CT molecular complexity index is 469. The molecule has 0 fully saturated rings. The van der Waals surface area contributed by atoms with Crippen LogP contribution < -0.4 is 0 Å². The Morgan fingerprint density at radius 1 is 1.62 bits per heavy atom. The van der Waals surface area contributed by atoms with Gasteiger partial charge in [-0.3, -0.25) is 4.79 Å². The van der Waals surface area contributed by atoms with E-state index in [0.29, 0.717) is 0 Å². The molecule has 7 heteroatoms. The molecule has 16 heavy (non-hydrogen) atoms. The highest BCUT2D eigenvalue weighted by atomic mass is 19.3. The minimum atomic E-state index is -3.07. The van der Waals surface area contributed by atoms with Crippen molar-refractivity contribution in [2.24, 2.45) is 0 Å². The van der Waals surface area contributed by atoms with E-state index >= 15 is 0 Å². The number of carboxylic acid groups (broad SMARTS) is 1. The van der Waals surface area contributed by atoms with Gasteiger partial charge < -0.3 is 10.2 Å². The number of aromatic hydroxyl groups is 1. The summed E-state index contributed by atoms with van der Waals surface area (Å²) in [7, 11) is 0. The first kappa shape index (κ1) is 11.8. The molecule has 0 aliphatic carbocycles. The van der Waals surface area contributed by atoms with Gasteiger partial charge in [0.25, 0.3) is 6.43 Å². The summed E-state index contributed by atoms with van der Waals surface area (Å²) in [5.41, 5.74) is -1.71. The van der Waals surface area contributed by atoms with Crippen molar-refractivity contribution in [3.8, 4) is 11.8 Å². The molecule has 0 unspecified atom stereocenters. The zero-order valence-corrected chi connectivity index (χ0v) is 7.81. The summed E-state index contributed by atoms with van der Waals surface area (Å²) in [6.45, 7) is 0. The molecule has 0 aliphatic rings. The van der Waals surface area contributed by atoms with Crippen LogP contribution in [-0.2, 0) is 11.2 Å². The number of hydrogen-bond acceptors (Lipinski definition) is 4. The van der Waals surface area contributed by atoms with Gasteiger partial charge in [-0.1, -0.05) is 0 Å². The van der Waals surface area contributed by atoms with Gasteiger partial charge in [0.05, 0.1) is 12.0 Å². The van der Waals surface area contributed by atoms with Crippen molar-refractivity contribution in [2.45, 2.75) is 12.8 Å². The molecule has 0 bridgehead atoms. The fraction of sp³-hybridized carbons (Fsp3) is 0.222. The molecule has 0 aliphatic heterocycles. The third-order valence-corrected chi connectivity index (χ3v) is 1.84. The number of rotatable bonds is 3. The van der Waals surface area contributed by atoms with Crippen LogP contribution in [0.3, 0.4) is 0 Å². The van der Waals surface area contributed by atoms with Crippen molar-refractivity contribution in [1.82, 2.24) is 4.98 Å². The Balaban J connectivity index is 3.35. The van der Waals surface area contributed by atoms with Crippen LogP contribution in [0.15, 0.2) is 6.20 Å². The average molecular weight is 228 g/mol. The number of alkyl halides is 2. The molecule has 5 nitrogen and oxygen atoms in total. The minimum Gasteiger partial charge on any atom is -0.505 e. The molecule has 1 rings (SSSR count). The van der Waals surface area contributed by atoms with Crippen molar-refractivity contribution in [3.05, 3.63) is 23.0 Å². The molecule has 84 valence electrons. The fourth-order valence-corrected chi connectivity index (χ4v) is 1.18. The number of hydrogen-bond donors (Lipinski definition) is 2. The molecule has 0 atom stereocenters. The van der Waals surface area contributed by atoms with E-state index in [-0.39, 0.29) is 5.56 Å². The summed E-state index contributed by atoms with van der Waals surface area (Å²) in [6, 6.07) is 1.43. The lowest BCUT2D eigenvalue weighted by Crippen LogP contribution is -2.06. The number of nitriles is 1. The molecule has 1 heterocycles. The largest absolute Gasteiger partial charge is 0.505 e. The normalized spacial score (nSPS) is 10.1. The van der Waals surface area contributed by atoms with Crippen LogP contribution in [-0.4, -0.2) is 21.2 Å². The third kappa shape index (κ3) is 2.23. The number of nitrogens with zero attached hydrogens (tertiary/aromatic N) is 2. The first-order valence-corrected chi connectivity index (χ1v) is 4.08. The highest BCUT2D eigenvalue weighted by Crippen LogP contribution is 2.33. The molecule has 0 saturated carbocycles. The van der Waals surface area contributed by atoms with Gasteiger partial charge in [0.15, 0.2) is 11.4 Å². The molecular formula is C9H6F2N2O3. The maximum Gasteiger partial charge on any atom is 0.307 e. The van der Waals surface area contributed by atoms with Crippen LogP contribution in [0.4, 0.5) is 8.78 Å². The molecule has 2 N–H and O–H groups in total. The predicted octanol–water partition coefficient (Wildman–Crippen LogP) is 1.22. The van der Waals surface area contributed by atoms with Crippen LogP contribution in [0.2, 0.25) is 0 Å². The standard InChI is InChI=1S/C9H6F2N2O3/c10-9(11)7-4(1-6(14)15)3-13-5(2-12)8(7)16/h3,9,16H,1H2,(H,14,15). The first-order chi connectivity index (χ1) is 7.47. The Hall–Kier alpha value is -2.23. The summed E-state index contributed by atoms with van der Waals surface area (Å²) in [4.78, 5) is 13.8. The van der Waals surface area contributed by atoms with Crippen molar-refractivity contribution >= 4 is 5.97 Å². The summed E-state index contributed by atoms with van der Waals surface area (Å²) in [5, 5.41) is 26.2. The summed E-state index contributed by atoms with van der Waals surface area (Å²) >= 11 is 0. The highest BCUT2D eigenvalue weighted by molar-refractivity contribution is 5.71. The van der Waals surface area contributed by atoms with Gasteiger partial charge in [-0.15, -0.1) is 0 Å². The molecule has 0 aromatic carbocycles. The number of aromatic nitrogens is 1. The molecular weight excluding hydrogens is 222 g/mol. The molecule has 0 radical (unpaired) electrons. The van der Waals surface area contributed by atoms with Gasteiger partial charge >= 0.3 is 5.97 Å². The quantitative estimate of drug-likeness (QED) is 0.811. The van der Waals surface area contributed by atoms with Crippen LogP contribution in [0.1, 0.15) is 23.2 Å². The minimum absolute atomic E-state index is 0.306. The van der Waals surface area contributed by atoms with Crippen molar-refractivity contribution < 1.29 is 23.8 Å². The summed E-state index contributed by atoms with van der Waals surface area (Å²) in [5.74, 6) is -2.29. The highest BCUT2D eigenvalue weighted by Gasteiger charge is 2.22. The van der Waals surface area contributed by atoms with Gasteiger partial charge in [0, 0.05) is 6.20 Å². The lowest BCUT2D eigenvalue weighted by atomic mass is 10.1.